The summed E-state index contributed by atoms with van der Waals surface area (Å²) in [6, 6.07) is 3.02. The number of halogens is 5. The smallest absolute Gasteiger partial charge is 0.426 e. The molecule has 1 saturated carbocycles. The van der Waals surface area contributed by atoms with E-state index in [1.165, 1.54) is 35.1 Å². The molecule has 1 unspecified atom stereocenters. The molecular weight excluding hydrogens is 607 g/mol. The van der Waals surface area contributed by atoms with Crippen molar-refractivity contribution in [2.75, 3.05) is 31.6 Å². The van der Waals surface area contributed by atoms with Gasteiger partial charge in [0.1, 0.15) is 0 Å². The molecule has 4 aromatic rings. The molecule has 0 bridgehead atoms. The number of carbonyl (C=O) groups is 2. The highest BCUT2D eigenvalue weighted by Crippen LogP contribution is 2.49. The number of anilines is 2. The van der Waals surface area contributed by atoms with E-state index < -0.39 is 36.0 Å². The summed E-state index contributed by atoms with van der Waals surface area (Å²) in [7, 11) is 0. The first-order valence-electron chi connectivity index (χ1n) is 13.9. The van der Waals surface area contributed by atoms with Gasteiger partial charge in [0, 0.05) is 61.7 Å². The third-order valence-electron chi connectivity index (χ3n) is 7.17. The molecule has 1 aliphatic rings. The standard InChI is InChI=1S/C28H29F5N8O4/c1-2-17-18(26(43)36-7-10-44-9-5-34)3-4-20(22(17)45-15-42)38-24-25-37-12-21(41(25)8-6-35-24)19-14-40(13-16-11-27(16,29)30)39-23(19)28(31,32)33/h3-4,6,8,12,14-16H,2,5,7,9-11,13,34H2,1H3,(H,35,38)(H,36,43). The van der Waals surface area contributed by atoms with Gasteiger partial charge in [0.05, 0.1) is 36.4 Å². The summed E-state index contributed by atoms with van der Waals surface area (Å²) in [5.74, 6) is -4.29. The number of aromatic nitrogens is 5. The number of rotatable bonds is 14. The maximum absolute atomic E-state index is 14.0. The molecule has 17 heteroatoms. The Hall–Kier alpha value is -4.64. The monoisotopic (exact) mass is 636 g/mol. The van der Waals surface area contributed by atoms with Crippen LogP contribution in [0.2, 0.25) is 0 Å². The number of alkyl halides is 5. The Balaban J connectivity index is 1.46. The van der Waals surface area contributed by atoms with Gasteiger partial charge in [-0.2, -0.15) is 18.3 Å². The van der Waals surface area contributed by atoms with Gasteiger partial charge in [-0.3, -0.25) is 18.7 Å². The number of ether oxygens (including phenoxy) is 2. The van der Waals surface area contributed by atoms with Crippen molar-refractivity contribution in [1.29, 1.82) is 0 Å². The average molecular weight is 637 g/mol. The number of nitrogens with one attached hydrogen (secondary N) is 2. The van der Waals surface area contributed by atoms with Crippen LogP contribution in [0.5, 0.6) is 5.75 Å². The molecule has 1 aliphatic carbocycles. The number of hydrogen-bond acceptors (Lipinski definition) is 9. The Labute approximate surface area is 252 Å². The predicted molar refractivity (Wildman–Crippen MR) is 150 cm³/mol. The second-order valence-electron chi connectivity index (χ2n) is 10.2. The van der Waals surface area contributed by atoms with Gasteiger partial charge in [-0.15, -0.1) is 0 Å². The number of amides is 1. The van der Waals surface area contributed by atoms with Crippen LogP contribution in [0, 0.1) is 5.92 Å². The first-order chi connectivity index (χ1) is 21.5. The number of benzene rings is 1. The van der Waals surface area contributed by atoms with Crippen LogP contribution in [0.15, 0.2) is 36.9 Å². The lowest BCUT2D eigenvalue weighted by molar-refractivity contribution is -0.141. The summed E-state index contributed by atoms with van der Waals surface area (Å²) in [5.41, 5.74) is 4.80. The number of carbonyl (C=O) groups excluding carboxylic acids is 2. The molecule has 0 radical (unpaired) electrons. The number of hydrogen-bond donors (Lipinski definition) is 3. The van der Waals surface area contributed by atoms with Crippen LogP contribution in [-0.2, 0) is 28.7 Å². The quantitative estimate of drug-likeness (QED) is 0.107. The van der Waals surface area contributed by atoms with Gasteiger partial charge in [0.15, 0.2) is 22.9 Å². The molecule has 4 N–H and O–H groups in total. The van der Waals surface area contributed by atoms with Gasteiger partial charge in [-0.1, -0.05) is 6.92 Å². The maximum atomic E-state index is 14.0. The molecule has 3 heterocycles. The highest BCUT2D eigenvalue weighted by Gasteiger charge is 2.57. The van der Waals surface area contributed by atoms with E-state index in [4.69, 9.17) is 15.2 Å². The summed E-state index contributed by atoms with van der Waals surface area (Å²) in [6.45, 7) is 2.78. The molecule has 45 heavy (non-hydrogen) atoms. The van der Waals surface area contributed by atoms with Crippen molar-refractivity contribution in [2.24, 2.45) is 11.7 Å². The Morgan fingerprint density at radius 1 is 1.24 bits per heavy atom. The Morgan fingerprint density at radius 2 is 2.02 bits per heavy atom. The van der Waals surface area contributed by atoms with Crippen molar-refractivity contribution in [2.45, 2.75) is 38.4 Å². The van der Waals surface area contributed by atoms with Gasteiger partial charge >= 0.3 is 6.18 Å². The molecule has 5 rings (SSSR count). The summed E-state index contributed by atoms with van der Waals surface area (Å²) < 4.78 is 81.5. The zero-order chi connectivity index (χ0) is 32.4. The lowest BCUT2D eigenvalue weighted by atomic mass is 10.0. The van der Waals surface area contributed by atoms with E-state index in [0.717, 1.165) is 10.9 Å². The highest BCUT2D eigenvalue weighted by atomic mass is 19.4. The van der Waals surface area contributed by atoms with Gasteiger partial charge in [-0.05, 0) is 18.6 Å². The largest absolute Gasteiger partial charge is 0.435 e. The van der Waals surface area contributed by atoms with Crippen molar-refractivity contribution >= 4 is 29.5 Å². The van der Waals surface area contributed by atoms with Crippen molar-refractivity contribution in [1.82, 2.24) is 29.5 Å². The number of fused-ring (bicyclic) bond motifs is 1. The Bertz CT molecular complexity index is 1700. The van der Waals surface area contributed by atoms with E-state index in [9.17, 15) is 31.5 Å². The minimum absolute atomic E-state index is 0.00217. The minimum Gasteiger partial charge on any atom is -0.426 e. The van der Waals surface area contributed by atoms with Gasteiger partial charge < -0.3 is 25.8 Å². The molecule has 1 aromatic carbocycles. The van der Waals surface area contributed by atoms with E-state index >= 15 is 0 Å². The second kappa shape index (κ2) is 12.8. The van der Waals surface area contributed by atoms with Crippen molar-refractivity contribution < 1.29 is 41.0 Å². The fraction of sp³-hybridized carbons (Fsp3) is 0.393. The topological polar surface area (TPSA) is 151 Å². The zero-order valence-corrected chi connectivity index (χ0v) is 23.9. The van der Waals surface area contributed by atoms with Crippen LogP contribution in [0.25, 0.3) is 16.9 Å². The first-order valence-corrected chi connectivity index (χ1v) is 13.9. The molecule has 12 nitrogen and oxygen atoms in total. The summed E-state index contributed by atoms with van der Waals surface area (Å²) in [6.07, 6.45) is -0.00710. The molecule has 3 aromatic heterocycles. The van der Waals surface area contributed by atoms with Crippen molar-refractivity contribution in [3.8, 4) is 17.0 Å². The third kappa shape index (κ3) is 6.73. The molecular formula is C28H29F5N8O4. The fourth-order valence-electron chi connectivity index (χ4n) is 4.93. The molecule has 0 spiro atoms. The van der Waals surface area contributed by atoms with Gasteiger partial charge in [0.25, 0.3) is 18.3 Å². The number of nitrogens with zero attached hydrogens (tertiary/aromatic N) is 5. The lowest BCUT2D eigenvalue weighted by Crippen LogP contribution is -2.29. The summed E-state index contributed by atoms with van der Waals surface area (Å²) in [4.78, 5) is 32.8. The van der Waals surface area contributed by atoms with E-state index in [2.05, 4.69) is 25.7 Å². The second-order valence-corrected chi connectivity index (χ2v) is 10.2. The average Bonchev–Trinajstić information content (AvgIpc) is 3.32. The predicted octanol–water partition coefficient (Wildman–Crippen LogP) is 3.81. The van der Waals surface area contributed by atoms with Gasteiger partial charge in [0.2, 0.25) is 0 Å². The summed E-state index contributed by atoms with van der Waals surface area (Å²) in [5, 5.41) is 9.30. The minimum atomic E-state index is -4.87. The van der Waals surface area contributed by atoms with Crippen molar-refractivity contribution in [3.63, 3.8) is 0 Å². The van der Waals surface area contributed by atoms with Crippen LogP contribution < -0.4 is 21.1 Å². The van der Waals surface area contributed by atoms with Gasteiger partial charge in [-0.25, -0.2) is 18.7 Å². The number of imidazole rings is 1. The van der Waals surface area contributed by atoms with Crippen LogP contribution in [0.3, 0.4) is 0 Å². The molecule has 1 atom stereocenters. The fourth-order valence-corrected chi connectivity index (χ4v) is 4.93. The van der Waals surface area contributed by atoms with E-state index in [-0.39, 0.29) is 65.9 Å². The number of nitrogens with two attached hydrogens (primary N) is 1. The van der Waals surface area contributed by atoms with Crippen LogP contribution >= 0.6 is 0 Å². The first kappa shape index (κ1) is 31.8. The third-order valence-corrected chi connectivity index (χ3v) is 7.17. The maximum Gasteiger partial charge on any atom is 0.435 e. The lowest BCUT2D eigenvalue weighted by Gasteiger charge is -2.17. The molecule has 1 fully saturated rings. The molecule has 0 aliphatic heterocycles. The zero-order valence-electron chi connectivity index (χ0n) is 23.9. The van der Waals surface area contributed by atoms with Crippen LogP contribution in [0.4, 0.5) is 33.5 Å². The normalized spacial score (nSPS) is 15.7. The van der Waals surface area contributed by atoms with E-state index in [1.807, 2.05) is 0 Å². The summed E-state index contributed by atoms with van der Waals surface area (Å²) >= 11 is 0. The van der Waals surface area contributed by atoms with E-state index in [0.29, 0.717) is 25.1 Å². The molecule has 1 amide bonds. The molecule has 0 saturated heterocycles. The van der Waals surface area contributed by atoms with Crippen molar-refractivity contribution in [3.05, 3.63) is 53.7 Å². The molecule has 240 valence electrons. The Kier molecular flexibility index (Phi) is 9.01. The highest BCUT2D eigenvalue weighted by molar-refractivity contribution is 5.97. The SMILES string of the molecule is CCc1c(C(=O)NCCOCCN)ccc(Nc2nccn3c(-c4cn(CC5CC5(F)F)nc4C(F)(F)F)cnc23)c1OC=O. The van der Waals surface area contributed by atoms with E-state index in [1.54, 1.807) is 6.92 Å². The van der Waals surface area contributed by atoms with Crippen LogP contribution in [0.1, 0.15) is 35.0 Å². The van der Waals surface area contributed by atoms with Crippen LogP contribution in [-0.4, -0.2) is 68.8 Å². The Morgan fingerprint density at radius 3 is 2.69 bits per heavy atom.